The number of rotatable bonds is 2. The minimum Gasteiger partial charge on any atom is -0.255 e. The Morgan fingerprint density at radius 3 is 2.82 bits per heavy atom. The highest BCUT2D eigenvalue weighted by Gasteiger charge is 2.13. The molecule has 0 aromatic carbocycles. The van der Waals surface area contributed by atoms with Crippen LogP contribution in [-0.2, 0) is 6.42 Å². The molecule has 3 aromatic rings. The zero-order chi connectivity index (χ0) is 11.7. The zero-order valence-corrected chi connectivity index (χ0v) is 9.54. The van der Waals surface area contributed by atoms with Crippen LogP contribution in [0.4, 0.5) is 0 Å². The van der Waals surface area contributed by atoms with Crippen LogP contribution in [-0.4, -0.2) is 19.6 Å². The molecule has 84 valence electrons. The molecule has 0 N–H and O–H groups in total. The van der Waals surface area contributed by atoms with E-state index in [1.54, 1.807) is 12.4 Å². The van der Waals surface area contributed by atoms with Gasteiger partial charge in [0.2, 0.25) is 0 Å². The third-order valence-corrected chi connectivity index (χ3v) is 2.71. The van der Waals surface area contributed by atoms with E-state index in [4.69, 9.17) is 0 Å². The molecule has 0 saturated carbocycles. The first-order chi connectivity index (χ1) is 8.40. The Balaban J connectivity index is 2.34. The monoisotopic (exact) mass is 224 g/mol. The fraction of sp³-hybridized carbons (Fsp3) is 0.154. The fourth-order valence-corrected chi connectivity index (χ4v) is 1.94. The molecule has 0 aliphatic carbocycles. The molecule has 0 bridgehead atoms. The molecule has 4 heteroatoms. The van der Waals surface area contributed by atoms with Crippen molar-refractivity contribution >= 4 is 5.65 Å². The van der Waals surface area contributed by atoms with E-state index in [1.165, 1.54) is 0 Å². The Hall–Kier alpha value is -2.23. The molecular weight excluding hydrogens is 212 g/mol. The van der Waals surface area contributed by atoms with Crippen LogP contribution in [0.5, 0.6) is 0 Å². The fourth-order valence-electron chi connectivity index (χ4n) is 1.94. The molecule has 3 heterocycles. The van der Waals surface area contributed by atoms with Crippen LogP contribution in [0.3, 0.4) is 0 Å². The number of imidazole rings is 1. The number of hydrogen-bond acceptors (Lipinski definition) is 3. The van der Waals surface area contributed by atoms with E-state index < -0.39 is 0 Å². The summed E-state index contributed by atoms with van der Waals surface area (Å²) in [4.78, 5) is 8.95. The predicted molar refractivity (Wildman–Crippen MR) is 65.6 cm³/mol. The van der Waals surface area contributed by atoms with Gasteiger partial charge in [0, 0.05) is 12.4 Å². The Bertz CT molecular complexity index is 643. The van der Waals surface area contributed by atoms with Crippen molar-refractivity contribution in [2.45, 2.75) is 13.3 Å². The minimum atomic E-state index is 0.866. The van der Waals surface area contributed by atoms with Gasteiger partial charge < -0.3 is 0 Å². The maximum absolute atomic E-state index is 4.57. The summed E-state index contributed by atoms with van der Waals surface area (Å²) < 4.78 is 1.85. The van der Waals surface area contributed by atoms with E-state index in [-0.39, 0.29) is 0 Å². The third-order valence-electron chi connectivity index (χ3n) is 2.71. The lowest BCUT2D eigenvalue weighted by Crippen LogP contribution is -1.95. The molecule has 0 unspecified atom stereocenters. The first kappa shape index (κ1) is 9.96. The lowest BCUT2D eigenvalue weighted by Gasteiger charge is -2.01. The molecule has 4 nitrogen and oxygen atoms in total. The van der Waals surface area contributed by atoms with Crippen LogP contribution < -0.4 is 0 Å². The SMILES string of the molecule is CCc1nc2cccnn2c1-c1ccccn1. The number of nitrogens with zero attached hydrogens (tertiary/aromatic N) is 4. The largest absolute Gasteiger partial charge is 0.255 e. The highest BCUT2D eigenvalue weighted by atomic mass is 15.3. The summed E-state index contributed by atoms with van der Waals surface area (Å²) in [6.07, 6.45) is 4.42. The highest BCUT2D eigenvalue weighted by molar-refractivity contribution is 5.63. The topological polar surface area (TPSA) is 43.1 Å². The van der Waals surface area contributed by atoms with Gasteiger partial charge in [-0.1, -0.05) is 13.0 Å². The summed E-state index contributed by atoms with van der Waals surface area (Å²) in [7, 11) is 0. The minimum absolute atomic E-state index is 0.866. The summed E-state index contributed by atoms with van der Waals surface area (Å²) >= 11 is 0. The number of pyridine rings is 1. The highest BCUT2D eigenvalue weighted by Crippen LogP contribution is 2.22. The third kappa shape index (κ3) is 1.58. The molecule has 0 amide bonds. The van der Waals surface area contributed by atoms with Gasteiger partial charge in [-0.05, 0) is 30.7 Å². The van der Waals surface area contributed by atoms with Gasteiger partial charge in [0.15, 0.2) is 5.65 Å². The van der Waals surface area contributed by atoms with Crippen LogP contribution in [0.1, 0.15) is 12.6 Å². The lowest BCUT2D eigenvalue weighted by atomic mass is 10.2. The average molecular weight is 224 g/mol. The Morgan fingerprint density at radius 1 is 1.12 bits per heavy atom. The van der Waals surface area contributed by atoms with Gasteiger partial charge >= 0.3 is 0 Å². The first-order valence-electron chi connectivity index (χ1n) is 5.64. The van der Waals surface area contributed by atoms with E-state index in [0.29, 0.717) is 0 Å². The second-order valence-electron chi connectivity index (χ2n) is 3.77. The summed E-state index contributed by atoms with van der Waals surface area (Å²) in [6.45, 7) is 2.09. The maximum Gasteiger partial charge on any atom is 0.154 e. The van der Waals surface area contributed by atoms with Crippen LogP contribution in [0.2, 0.25) is 0 Å². The van der Waals surface area contributed by atoms with Crippen molar-refractivity contribution in [1.29, 1.82) is 0 Å². The van der Waals surface area contributed by atoms with E-state index in [9.17, 15) is 0 Å². The van der Waals surface area contributed by atoms with Gasteiger partial charge in [0.25, 0.3) is 0 Å². The molecule has 0 aliphatic heterocycles. The number of hydrogen-bond donors (Lipinski definition) is 0. The van der Waals surface area contributed by atoms with Gasteiger partial charge in [-0.2, -0.15) is 5.10 Å². The van der Waals surface area contributed by atoms with Crippen molar-refractivity contribution in [3.8, 4) is 11.4 Å². The molecule has 0 saturated heterocycles. The summed E-state index contributed by atoms with van der Waals surface area (Å²) in [6, 6.07) is 9.72. The van der Waals surface area contributed by atoms with Gasteiger partial charge in [0.1, 0.15) is 5.69 Å². The molecule has 3 rings (SSSR count). The zero-order valence-electron chi connectivity index (χ0n) is 9.54. The molecular formula is C13H12N4. The predicted octanol–water partition coefficient (Wildman–Crippen LogP) is 2.35. The van der Waals surface area contributed by atoms with Crippen LogP contribution in [0, 0.1) is 0 Å². The summed E-state index contributed by atoms with van der Waals surface area (Å²) in [5.41, 5.74) is 3.80. The van der Waals surface area contributed by atoms with E-state index in [2.05, 4.69) is 22.0 Å². The van der Waals surface area contributed by atoms with Crippen molar-refractivity contribution < 1.29 is 0 Å². The Morgan fingerprint density at radius 2 is 2.06 bits per heavy atom. The van der Waals surface area contributed by atoms with Crippen molar-refractivity contribution in [2.75, 3.05) is 0 Å². The summed E-state index contributed by atoms with van der Waals surface area (Å²) in [5.74, 6) is 0. The van der Waals surface area contributed by atoms with Crippen molar-refractivity contribution in [3.63, 3.8) is 0 Å². The van der Waals surface area contributed by atoms with Crippen molar-refractivity contribution in [2.24, 2.45) is 0 Å². The number of aromatic nitrogens is 4. The van der Waals surface area contributed by atoms with E-state index >= 15 is 0 Å². The molecule has 0 spiro atoms. The summed E-state index contributed by atoms with van der Waals surface area (Å²) in [5, 5.41) is 4.34. The van der Waals surface area contributed by atoms with Crippen LogP contribution in [0.15, 0.2) is 42.7 Å². The smallest absolute Gasteiger partial charge is 0.154 e. The molecule has 0 aliphatic rings. The molecule has 0 fully saturated rings. The van der Waals surface area contributed by atoms with Crippen molar-refractivity contribution in [3.05, 3.63) is 48.4 Å². The van der Waals surface area contributed by atoms with Gasteiger partial charge in [-0.25, -0.2) is 9.50 Å². The molecule has 0 radical (unpaired) electrons. The molecule has 17 heavy (non-hydrogen) atoms. The average Bonchev–Trinajstić information content (AvgIpc) is 2.78. The van der Waals surface area contributed by atoms with E-state index in [1.807, 2.05) is 34.8 Å². The standard InChI is InChI=1S/C13H12N4/c1-2-10-13(11-6-3-4-8-14-11)17-12(16-10)7-5-9-15-17/h3-9H,2H2,1H3. The molecule has 3 aromatic heterocycles. The van der Waals surface area contributed by atoms with Gasteiger partial charge in [-0.15, -0.1) is 0 Å². The second-order valence-corrected chi connectivity index (χ2v) is 3.77. The maximum atomic E-state index is 4.57. The number of fused-ring (bicyclic) bond motifs is 1. The van der Waals surface area contributed by atoms with Crippen molar-refractivity contribution in [1.82, 2.24) is 19.6 Å². The quantitative estimate of drug-likeness (QED) is 0.671. The molecule has 0 atom stereocenters. The van der Waals surface area contributed by atoms with Gasteiger partial charge in [-0.3, -0.25) is 4.98 Å². The Labute approximate surface area is 99.0 Å². The lowest BCUT2D eigenvalue weighted by molar-refractivity contribution is 0.933. The van der Waals surface area contributed by atoms with Crippen LogP contribution >= 0.6 is 0 Å². The van der Waals surface area contributed by atoms with Gasteiger partial charge in [0.05, 0.1) is 11.4 Å². The normalized spacial score (nSPS) is 10.9. The second kappa shape index (κ2) is 3.97. The Kier molecular flexibility index (Phi) is 2.33. The van der Waals surface area contributed by atoms with Crippen LogP contribution in [0.25, 0.3) is 17.0 Å². The first-order valence-corrected chi connectivity index (χ1v) is 5.64. The van der Waals surface area contributed by atoms with E-state index in [0.717, 1.165) is 29.1 Å². The number of aryl methyl sites for hydroxylation is 1.